The van der Waals surface area contributed by atoms with Gasteiger partial charge >= 0.3 is 0 Å². The molecule has 3 rings (SSSR count). The number of fused-ring (bicyclic) bond motifs is 1. The van der Waals surface area contributed by atoms with Crippen molar-refractivity contribution in [1.29, 1.82) is 0 Å². The van der Waals surface area contributed by atoms with Gasteiger partial charge in [-0.3, -0.25) is 4.98 Å². The van der Waals surface area contributed by atoms with E-state index in [9.17, 15) is 0 Å². The highest BCUT2D eigenvalue weighted by Gasteiger charge is 2.14. The number of nitrogens with zero attached hydrogens (tertiary/aromatic N) is 5. The summed E-state index contributed by atoms with van der Waals surface area (Å²) in [4.78, 5) is 4.37. The number of hydrogen-bond donors (Lipinski definition) is 2. The fraction of sp³-hybridized carbons (Fsp3) is 0.474. The summed E-state index contributed by atoms with van der Waals surface area (Å²) in [5, 5.41) is 20.4. The van der Waals surface area contributed by atoms with Crippen molar-refractivity contribution in [3.05, 3.63) is 42.0 Å². The van der Waals surface area contributed by atoms with Crippen LogP contribution in [0.2, 0.25) is 0 Å². The maximum Gasteiger partial charge on any atom is 0.201 e. The zero-order valence-electron chi connectivity index (χ0n) is 15.7. The monoisotopic (exact) mass is 353 g/mol. The molecule has 0 aromatic carbocycles. The van der Waals surface area contributed by atoms with Gasteiger partial charge in [0.1, 0.15) is 5.82 Å². The molecule has 0 saturated carbocycles. The lowest BCUT2D eigenvalue weighted by Gasteiger charge is -2.17. The molecule has 0 amide bonds. The summed E-state index contributed by atoms with van der Waals surface area (Å²) in [5.41, 5.74) is 2.64. The smallest absolute Gasteiger partial charge is 0.201 e. The van der Waals surface area contributed by atoms with Gasteiger partial charge in [-0.2, -0.15) is 4.52 Å². The summed E-state index contributed by atoms with van der Waals surface area (Å²) in [5.74, 6) is 1.73. The highest BCUT2D eigenvalue weighted by molar-refractivity contribution is 5.70. The van der Waals surface area contributed by atoms with E-state index < -0.39 is 0 Å². The van der Waals surface area contributed by atoms with Gasteiger partial charge in [-0.25, -0.2) is 0 Å². The van der Waals surface area contributed by atoms with Gasteiger partial charge < -0.3 is 10.6 Å². The molecule has 26 heavy (non-hydrogen) atoms. The normalized spacial score (nSPS) is 11.2. The first-order valence-corrected chi connectivity index (χ1v) is 9.40. The van der Waals surface area contributed by atoms with Crippen LogP contribution in [0.3, 0.4) is 0 Å². The molecule has 3 aromatic heterocycles. The van der Waals surface area contributed by atoms with E-state index in [1.165, 1.54) is 0 Å². The Morgan fingerprint density at radius 1 is 1.12 bits per heavy atom. The second-order valence-corrected chi connectivity index (χ2v) is 6.38. The summed E-state index contributed by atoms with van der Waals surface area (Å²) < 4.78 is 1.86. The Morgan fingerprint density at radius 3 is 2.65 bits per heavy atom. The number of rotatable bonds is 9. The van der Waals surface area contributed by atoms with Crippen LogP contribution in [0.15, 0.2) is 30.5 Å². The Hall–Kier alpha value is -2.70. The molecule has 0 aliphatic carbocycles. The van der Waals surface area contributed by atoms with Gasteiger partial charge in [0, 0.05) is 24.7 Å². The maximum atomic E-state index is 4.73. The molecule has 0 spiro atoms. The van der Waals surface area contributed by atoms with E-state index in [0.29, 0.717) is 12.6 Å². The van der Waals surface area contributed by atoms with Gasteiger partial charge in [-0.15, -0.1) is 15.3 Å². The van der Waals surface area contributed by atoms with Crippen LogP contribution < -0.4 is 10.6 Å². The molecule has 0 aliphatic rings. The lowest BCUT2D eigenvalue weighted by atomic mass is 10.2. The topological polar surface area (TPSA) is 80.0 Å². The Balaban J connectivity index is 1.93. The van der Waals surface area contributed by atoms with Gasteiger partial charge in [-0.1, -0.05) is 26.8 Å². The van der Waals surface area contributed by atoms with Crippen LogP contribution in [0.4, 0.5) is 11.5 Å². The van der Waals surface area contributed by atoms with Crippen molar-refractivity contribution in [3.63, 3.8) is 0 Å². The van der Waals surface area contributed by atoms with E-state index in [2.05, 4.69) is 46.6 Å². The molecule has 0 aliphatic heterocycles. The van der Waals surface area contributed by atoms with E-state index in [1.54, 1.807) is 6.20 Å². The first-order chi connectivity index (χ1) is 12.7. The van der Waals surface area contributed by atoms with E-state index in [0.717, 1.165) is 54.4 Å². The van der Waals surface area contributed by atoms with E-state index in [4.69, 9.17) is 5.10 Å². The van der Waals surface area contributed by atoms with Gasteiger partial charge in [0.05, 0.1) is 17.9 Å². The van der Waals surface area contributed by atoms with E-state index in [1.807, 2.05) is 28.8 Å². The number of aromatic nitrogens is 5. The molecule has 0 fully saturated rings. The van der Waals surface area contributed by atoms with Crippen molar-refractivity contribution in [1.82, 2.24) is 24.8 Å². The Labute approximate surface area is 154 Å². The third kappa shape index (κ3) is 4.09. The predicted molar refractivity (Wildman–Crippen MR) is 104 cm³/mol. The molecule has 3 aromatic rings. The largest absolute Gasteiger partial charge is 0.376 e. The van der Waals surface area contributed by atoms with Gasteiger partial charge in [-0.05, 0) is 31.4 Å². The van der Waals surface area contributed by atoms with Crippen LogP contribution >= 0.6 is 0 Å². The standard InChI is InChI=1S/C19H27N7/c1-4-9-18-23-24-19-16(21-13-15-10-7-8-11-20-15)12-17(25-26(18)19)22-14(5-2)6-3/h7-8,10-12,14,21H,4-6,9,13H2,1-3H3,(H,22,25). The van der Waals surface area contributed by atoms with Gasteiger partial charge in [0.25, 0.3) is 0 Å². The molecule has 3 heterocycles. The highest BCUT2D eigenvalue weighted by Crippen LogP contribution is 2.21. The minimum Gasteiger partial charge on any atom is -0.376 e. The van der Waals surface area contributed by atoms with Crippen LogP contribution in [0, 0.1) is 0 Å². The fourth-order valence-electron chi connectivity index (χ4n) is 2.89. The Kier molecular flexibility index (Phi) is 5.99. The summed E-state index contributed by atoms with van der Waals surface area (Å²) >= 11 is 0. The second-order valence-electron chi connectivity index (χ2n) is 6.38. The van der Waals surface area contributed by atoms with E-state index in [-0.39, 0.29) is 0 Å². The van der Waals surface area contributed by atoms with Crippen molar-refractivity contribution < 1.29 is 0 Å². The van der Waals surface area contributed by atoms with Crippen LogP contribution in [0.25, 0.3) is 5.65 Å². The summed E-state index contributed by atoms with van der Waals surface area (Å²) in [6.45, 7) is 7.12. The number of anilines is 2. The van der Waals surface area contributed by atoms with Gasteiger partial charge in [0.2, 0.25) is 5.65 Å². The zero-order valence-corrected chi connectivity index (χ0v) is 15.7. The van der Waals surface area contributed by atoms with Gasteiger partial charge in [0.15, 0.2) is 5.82 Å². The molecule has 0 saturated heterocycles. The molecule has 7 heteroatoms. The number of nitrogens with one attached hydrogen (secondary N) is 2. The van der Waals surface area contributed by atoms with Crippen LogP contribution in [-0.4, -0.2) is 30.8 Å². The average molecular weight is 353 g/mol. The van der Waals surface area contributed by atoms with Crippen molar-refractivity contribution in [2.45, 2.75) is 59.0 Å². The van der Waals surface area contributed by atoms with Crippen molar-refractivity contribution in [2.75, 3.05) is 10.6 Å². The van der Waals surface area contributed by atoms with E-state index >= 15 is 0 Å². The predicted octanol–water partition coefficient (Wildman–Crippen LogP) is 3.68. The molecule has 0 bridgehead atoms. The lowest BCUT2D eigenvalue weighted by Crippen LogP contribution is -2.19. The first kappa shape index (κ1) is 18.1. The quantitative estimate of drug-likeness (QED) is 0.611. The zero-order chi connectivity index (χ0) is 18.4. The molecule has 0 radical (unpaired) electrons. The molecule has 7 nitrogen and oxygen atoms in total. The molecule has 0 unspecified atom stereocenters. The second kappa shape index (κ2) is 8.60. The summed E-state index contributed by atoms with van der Waals surface area (Å²) in [6.07, 6.45) is 5.76. The average Bonchev–Trinajstić information content (AvgIpc) is 3.08. The molecular formula is C19H27N7. The minimum atomic E-state index is 0.398. The van der Waals surface area contributed by atoms with Crippen LogP contribution in [-0.2, 0) is 13.0 Å². The lowest BCUT2D eigenvalue weighted by molar-refractivity contribution is 0.663. The molecular weight excluding hydrogens is 326 g/mol. The highest BCUT2D eigenvalue weighted by atomic mass is 15.4. The molecule has 0 atom stereocenters. The Bertz CT molecular complexity index is 825. The SMILES string of the molecule is CCCc1nnc2c(NCc3ccccn3)cc(NC(CC)CC)nn12. The first-order valence-electron chi connectivity index (χ1n) is 9.40. The van der Waals surface area contributed by atoms with Crippen LogP contribution in [0.1, 0.15) is 51.6 Å². The third-order valence-corrected chi connectivity index (χ3v) is 4.43. The number of aryl methyl sites for hydroxylation is 1. The maximum absolute atomic E-state index is 4.73. The summed E-state index contributed by atoms with van der Waals surface area (Å²) in [6, 6.07) is 8.32. The number of pyridine rings is 1. The van der Waals surface area contributed by atoms with Crippen molar-refractivity contribution in [3.8, 4) is 0 Å². The van der Waals surface area contributed by atoms with Crippen molar-refractivity contribution >= 4 is 17.2 Å². The van der Waals surface area contributed by atoms with Crippen LogP contribution in [0.5, 0.6) is 0 Å². The third-order valence-electron chi connectivity index (χ3n) is 4.43. The minimum absolute atomic E-state index is 0.398. The summed E-state index contributed by atoms with van der Waals surface area (Å²) in [7, 11) is 0. The fourth-order valence-corrected chi connectivity index (χ4v) is 2.89. The molecule has 2 N–H and O–H groups in total. The number of hydrogen-bond acceptors (Lipinski definition) is 6. The van der Waals surface area contributed by atoms with Crippen molar-refractivity contribution in [2.24, 2.45) is 0 Å². The Morgan fingerprint density at radius 2 is 1.96 bits per heavy atom. The molecule has 138 valence electrons.